The van der Waals surface area contributed by atoms with E-state index >= 15 is 0 Å². The molecule has 0 saturated heterocycles. The molecule has 11 nitrogen and oxygen atoms in total. The summed E-state index contributed by atoms with van der Waals surface area (Å²) in [5.74, 6) is 0.290. The number of benzene rings is 2. The van der Waals surface area contributed by atoms with Crippen molar-refractivity contribution in [1.29, 1.82) is 0 Å². The van der Waals surface area contributed by atoms with Crippen LogP contribution in [0, 0.1) is 6.92 Å². The molecule has 2 aromatic carbocycles. The Morgan fingerprint density at radius 3 is 2.33 bits per heavy atom. The van der Waals surface area contributed by atoms with E-state index in [0.717, 1.165) is 22.9 Å². The molecule has 0 aliphatic carbocycles. The van der Waals surface area contributed by atoms with Crippen LogP contribution in [0.4, 0.5) is 11.4 Å². The summed E-state index contributed by atoms with van der Waals surface area (Å²) < 4.78 is 38.8. The quantitative estimate of drug-likeness (QED) is 0.317. The fraction of sp³-hybridized carbons (Fsp3) is 0.286. The molecule has 2 heterocycles. The molecule has 0 fully saturated rings. The third-order valence-electron chi connectivity index (χ3n) is 6.16. The van der Waals surface area contributed by atoms with E-state index in [1.165, 1.54) is 7.11 Å². The number of hydrogen-bond donors (Lipinski definition) is 2. The molecule has 0 bridgehead atoms. The summed E-state index contributed by atoms with van der Waals surface area (Å²) in [6, 6.07) is 12.3. The van der Waals surface area contributed by atoms with E-state index in [9.17, 15) is 13.2 Å². The second kappa shape index (κ2) is 11.0. The van der Waals surface area contributed by atoms with Crippen LogP contribution >= 0.6 is 0 Å². The molecule has 4 aromatic rings. The number of aromatic nitrogens is 4. The summed E-state index contributed by atoms with van der Waals surface area (Å²) in [7, 11) is -0.636. The largest absolute Gasteiger partial charge is 0.492 e. The first-order chi connectivity index (χ1) is 18.8. The molecule has 0 atom stereocenters. The Morgan fingerprint density at radius 2 is 1.73 bits per heavy atom. The zero-order valence-electron chi connectivity index (χ0n) is 23.4. The Bertz CT molecular complexity index is 1660. The average Bonchev–Trinajstić information content (AvgIpc) is 3.37. The van der Waals surface area contributed by atoms with Gasteiger partial charge in [-0.05, 0) is 53.8 Å². The van der Waals surface area contributed by atoms with Gasteiger partial charge in [0.1, 0.15) is 5.69 Å². The normalized spacial score (nSPS) is 11.7. The molecule has 0 radical (unpaired) electrons. The zero-order valence-corrected chi connectivity index (χ0v) is 24.3. The maximum absolute atomic E-state index is 13.5. The highest BCUT2D eigenvalue weighted by molar-refractivity contribution is 7.92. The Labute approximate surface area is 233 Å². The van der Waals surface area contributed by atoms with Gasteiger partial charge in [0.15, 0.2) is 5.75 Å². The van der Waals surface area contributed by atoms with E-state index in [2.05, 4.69) is 25.3 Å². The molecule has 4 rings (SSSR count). The van der Waals surface area contributed by atoms with Gasteiger partial charge in [-0.3, -0.25) is 9.52 Å². The number of nitrogens with zero attached hydrogens (tertiary/aromatic N) is 4. The zero-order chi connectivity index (χ0) is 29.2. The summed E-state index contributed by atoms with van der Waals surface area (Å²) in [5.41, 5.74) is 4.34. The van der Waals surface area contributed by atoms with Crippen molar-refractivity contribution in [3.63, 3.8) is 0 Å². The number of amides is 1. The maximum Gasteiger partial charge on any atom is 0.255 e. The third-order valence-corrected chi connectivity index (χ3v) is 6.75. The van der Waals surface area contributed by atoms with Crippen LogP contribution in [0.1, 0.15) is 42.3 Å². The lowest BCUT2D eigenvalue weighted by atomic mass is 9.86. The van der Waals surface area contributed by atoms with E-state index in [1.807, 2.05) is 39.8 Å². The van der Waals surface area contributed by atoms with E-state index in [-0.39, 0.29) is 16.9 Å². The Morgan fingerprint density at radius 1 is 1.00 bits per heavy atom. The van der Waals surface area contributed by atoms with Gasteiger partial charge in [0, 0.05) is 23.4 Å². The smallest absolute Gasteiger partial charge is 0.255 e. The highest BCUT2D eigenvalue weighted by Gasteiger charge is 2.23. The standard InChI is InChI=1S/C28H32N6O5S/c1-17-8-9-18(12-24(17)34-16-23(31-33-34)19-10-11-25(38-5)29-15-19)27(35)30-21-13-20(28(2,3)4)14-22(26(21)39-6)32-40(7,36)37/h8-16,32H,1-7H3,(H,30,35). The molecule has 210 valence electrons. The van der Waals surface area contributed by atoms with Crippen molar-refractivity contribution in [3.05, 3.63) is 71.5 Å². The predicted molar refractivity (Wildman–Crippen MR) is 154 cm³/mol. The summed E-state index contributed by atoms with van der Waals surface area (Å²) in [5, 5.41) is 11.4. The Hall–Kier alpha value is -4.45. The molecule has 2 aromatic heterocycles. The SMILES string of the molecule is COc1ccc(-c2cn(-c3cc(C(=O)Nc4cc(C(C)(C)C)cc(NS(C)(=O)=O)c4OC)ccc3C)nn2)cn1. The van der Waals surface area contributed by atoms with Gasteiger partial charge >= 0.3 is 0 Å². The number of carbonyl (C=O) groups excluding carboxylic acids is 1. The molecule has 0 aliphatic heterocycles. The first-order valence-corrected chi connectivity index (χ1v) is 14.2. The second-order valence-electron chi connectivity index (χ2n) is 10.3. The summed E-state index contributed by atoms with van der Waals surface area (Å²) in [6.07, 6.45) is 4.46. The van der Waals surface area contributed by atoms with Gasteiger partial charge in [-0.1, -0.05) is 32.1 Å². The van der Waals surface area contributed by atoms with Crippen molar-refractivity contribution >= 4 is 27.3 Å². The fourth-order valence-corrected chi connectivity index (χ4v) is 4.56. The molecular weight excluding hydrogens is 532 g/mol. The highest BCUT2D eigenvalue weighted by atomic mass is 32.2. The minimum atomic E-state index is -3.60. The maximum atomic E-state index is 13.5. The summed E-state index contributed by atoms with van der Waals surface area (Å²) in [4.78, 5) is 17.7. The van der Waals surface area contributed by atoms with Gasteiger partial charge in [-0.15, -0.1) is 5.10 Å². The Balaban J connectivity index is 1.68. The van der Waals surface area contributed by atoms with Crippen molar-refractivity contribution in [2.45, 2.75) is 33.1 Å². The minimum absolute atomic E-state index is 0.202. The minimum Gasteiger partial charge on any atom is -0.492 e. The lowest BCUT2D eigenvalue weighted by Gasteiger charge is -2.24. The van der Waals surface area contributed by atoms with Gasteiger partial charge in [0.2, 0.25) is 15.9 Å². The number of rotatable bonds is 8. The predicted octanol–water partition coefficient (Wildman–Crippen LogP) is 4.58. The number of nitrogens with one attached hydrogen (secondary N) is 2. The van der Waals surface area contributed by atoms with Crippen molar-refractivity contribution < 1.29 is 22.7 Å². The van der Waals surface area contributed by atoms with Gasteiger partial charge in [-0.2, -0.15) is 0 Å². The molecule has 0 aliphatic rings. The van der Waals surface area contributed by atoms with Crippen LogP contribution in [-0.2, 0) is 15.4 Å². The Kier molecular flexibility index (Phi) is 7.83. The van der Waals surface area contributed by atoms with Gasteiger partial charge < -0.3 is 14.8 Å². The number of sulfonamides is 1. The number of methoxy groups -OCH3 is 2. The van der Waals surface area contributed by atoms with Crippen molar-refractivity contribution in [2.75, 3.05) is 30.5 Å². The number of aryl methyl sites for hydroxylation is 1. The highest BCUT2D eigenvalue weighted by Crippen LogP contribution is 2.39. The van der Waals surface area contributed by atoms with E-state index < -0.39 is 15.9 Å². The number of hydrogen-bond acceptors (Lipinski definition) is 8. The third kappa shape index (κ3) is 6.40. The van der Waals surface area contributed by atoms with Crippen LogP contribution in [0.25, 0.3) is 16.9 Å². The van der Waals surface area contributed by atoms with Crippen molar-refractivity contribution in [2.24, 2.45) is 0 Å². The van der Waals surface area contributed by atoms with E-state index in [1.54, 1.807) is 54.5 Å². The number of anilines is 2. The number of pyridine rings is 1. The van der Waals surface area contributed by atoms with Crippen LogP contribution in [0.15, 0.2) is 54.9 Å². The van der Waals surface area contributed by atoms with Gasteiger partial charge in [0.25, 0.3) is 5.91 Å². The summed E-state index contributed by atoms with van der Waals surface area (Å²) >= 11 is 0. The van der Waals surface area contributed by atoms with Gasteiger partial charge in [-0.25, -0.2) is 18.1 Å². The van der Waals surface area contributed by atoms with Crippen LogP contribution < -0.4 is 19.5 Å². The van der Waals surface area contributed by atoms with E-state index in [0.29, 0.717) is 28.5 Å². The first kappa shape index (κ1) is 28.6. The van der Waals surface area contributed by atoms with Crippen LogP contribution in [0.3, 0.4) is 0 Å². The molecule has 1 amide bonds. The molecule has 0 saturated carbocycles. The molecule has 40 heavy (non-hydrogen) atoms. The first-order valence-electron chi connectivity index (χ1n) is 12.3. The fourth-order valence-electron chi connectivity index (χ4n) is 4.01. The molecule has 0 unspecified atom stereocenters. The second-order valence-corrected chi connectivity index (χ2v) is 12.1. The lowest BCUT2D eigenvalue weighted by molar-refractivity contribution is 0.102. The van der Waals surface area contributed by atoms with Gasteiger partial charge in [0.05, 0.1) is 43.7 Å². The van der Waals surface area contributed by atoms with Crippen molar-refractivity contribution in [1.82, 2.24) is 20.0 Å². The van der Waals surface area contributed by atoms with Crippen molar-refractivity contribution in [3.8, 4) is 28.6 Å². The average molecular weight is 565 g/mol. The van der Waals surface area contributed by atoms with Crippen LogP contribution in [-0.4, -0.2) is 54.8 Å². The monoisotopic (exact) mass is 564 g/mol. The van der Waals surface area contributed by atoms with Crippen LogP contribution in [0.5, 0.6) is 11.6 Å². The lowest BCUT2D eigenvalue weighted by Crippen LogP contribution is -2.18. The van der Waals surface area contributed by atoms with E-state index in [4.69, 9.17) is 9.47 Å². The molecule has 0 spiro atoms. The van der Waals surface area contributed by atoms with Crippen LogP contribution in [0.2, 0.25) is 0 Å². The molecule has 2 N–H and O–H groups in total. The number of carbonyl (C=O) groups is 1. The molecule has 12 heteroatoms. The topological polar surface area (TPSA) is 137 Å². The molecular formula is C28H32N6O5S. The summed E-state index contributed by atoms with van der Waals surface area (Å²) in [6.45, 7) is 7.88. The number of ether oxygens (including phenoxy) is 2.